The van der Waals surface area contributed by atoms with Crippen LogP contribution in [-0.4, -0.2) is 11.9 Å². The Kier molecular flexibility index (Phi) is 9.02. The Balaban J connectivity index is 1.99. The first kappa shape index (κ1) is 23.6. The molecular formula is C24H28O6. The normalized spacial score (nSPS) is 10.9. The fraction of sp³-hybridized carbons (Fsp3) is 0.333. The van der Waals surface area contributed by atoms with Gasteiger partial charge in [-0.25, -0.2) is 9.59 Å². The second kappa shape index (κ2) is 11.5. The molecule has 30 heavy (non-hydrogen) atoms. The SMILES string of the molecule is [CH2]CCCC[C](OOC(=O)c1cc(C)ccc1C)OOC(=O)c1cc(C)ccc1C. The lowest BCUT2D eigenvalue weighted by molar-refractivity contribution is -0.364. The minimum absolute atomic E-state index is 0.110. The molecule has 6 nitrogen and oxygen atoms in total. The van der Waals surface area contributed by atoms with E-state index in [2.05, 4.69) is 6.92 Å². The second-order valence-corrected chi connectivity index (χ2v) is 7.23. The van der Waals surface area contributed by atoms with Crippen LogP contribution in [0.15, 0.2) is 36.4 Å². The van der Waals surface area contributed by atoms with E-state index in [0.717, 1.165) is 35.1 Å². The van der Waals surface area contributed by atoms with Gasteiger partial charge in [0, 0.05) is 6.42 Å². The number of unbranched alkanes of at least 4 members (excludes halogenated alkanes) is 2. The lowest BCUT2D eigenvalue weighted by atomic mass is 10.1. The Labute approximate surface area is 178 Å². The van der Waals surface area contributed by atoms with Gasteiger partial charge in [-0.05, 0) is 57.4 Å². The second-order valence-electron chi connectivity index (χ2n) is 7.23. The molecule has 0 fully saturated rings. The molecular weight excluding hydrogens is 384 g/mol. The first-order valence-corrected chi connectivity index (χ1v) is 9.89. The molecule has 0 saturated heterocycles. The molecule has 0 aliphatic heterocycles. The molecule has 2 radical (unpaired) electrons. The zero-order chi connectivity index (χ0) is 22.1. The van der Waals surface area contributed by atoms with Gasteiger partial charge in [-0.2, -0.15) is 0 Å². The summed E-state index contributed by atoms with van der Waals surface area (Å²) in [4.78, 5) is 44.8. The number of aryl methyl sites for hydroxylation is 4. The van der Waals surface area contributed by atoms with Crippen LogP contribution in [0.3, 0.4) is 0 Å². The first-order chi connectivity index (χ1) is 14.3. The van der Waals surface area contributed by atoms with Gasteiger partial charge < -0.3 is 0 Å². The Morgan fingerprint density at radius 1 is 0.733 bits per heavy atom. The van der Waals surface area contributed by atoms with E-state index in [1.807, 2.05) is 38.1 Å². The number of carbonyl (C=O) groups excluding carboxylic acids is 2. The third kappa shape index (κ3) is 6.97. The van der Waals surface area contributed by atoms with Gasteiger partial charge >= 0.3 is 18.2 Å². The largest absolute Gasteiger partial charge is 0.373 e. The van der Waals surface area contributed by atoms with Crippen molar-refractivity contribution in [1.29, 1.82) is 0 Å². The number of benzene rings is 2. The van der Waals surface area contributed by atoms with Crippen molar-refractivity contribution in [3.8, 4) is 0 Å². The van der Waals surface area contributed by atoms with Gasteiger partial charge in [0.2, 0.25) is 0 Å². The molecule has 0 spiro atoms. The van der Waals surface area contributed by atoms with Crippen molar-refractivity contribution in [3.05, 3.63) is 83.0 Å². The van der Waals surface area contributed by atoms with Crippen molar-refractivity contribution < 1.29 is 29.1 Å². The van der Waals surface area contributed by atoms with Crippen molar-refractivity contribution in [2.24, 2.45) is 0 Å². The predicted octanol–water partition coefficient (Wildman–Crippen LogP) is 5.68. The summed E-state index contributed by atoms with van der Waals surface area (Å²) in [6, 6.07) is 10.9. The van der Waals surface area contributed by atoms with Crippen LogP contribution in [-0.2, 0) is 19.6 Å². The maximum atomic E-state index is 12.4. The smallest absolute Gasteiger partial charge is 0.289 e. The number of rotatable bonds is 10. The summed E-state index contributed by atoms with van der Waals surface area (Å²) in [5.41, 5.74) is 4.14. The van der Waals surface area contributed by atoms with E-state index in [-0.39, 0.29) is 12.7 Å². The van der Waals surface area contributed by atoms with Gasteiger partial charge in [-0.1, -0.05) is 55.2 Å². The highest BCUT2D eigenvalue weighted by Crippen LogP contribution is 2.20. The Bertz CT molecular complexity index is 806. The molecule has 6 heteroatoms. The highest BCUT2D eigenvalue weighted by molar-refractivity contribution is 5.91. The van der Waals surface area contributed by atoms with Gasteiger partial charge in [0.1, 0.15) is 0 Å². The molecule has 0 aliphatic carbocycles. The Hall–Kier alpha value is -2.70. The van der Waals surface area contributed by atoms with Crippen LogP contribution in [0.5, 0.6) is 0 Å². The predicted molar refractivity (Wildman–Crippen MR) is 112 cm³/mol. The molecule has 0 unspecified atom stereocenters. The summed E-state index contributed by atoms with van der Waals surface area (Å²) < 4.78 is 0. The van der Waals surface area contributed by atoms with Crippen LogP contribution >= 0.6 is 0 Å². The average molecular weight is 412 g/mol. The van der Waals surface area contributed by atoms with E-state index < -0.39 is 11.9 Å². The summed E-state index contributed by atoms with van der Waals surface area (Å²) in [7, 11) is 0. The molecule has 0 bridgehead atoms. The minimum Gasteiger partial charge on any atom is -0.289 e. The van der Waals surface area contributed by atoms with Gasteiger partial charge in [0.15, 0.2) is 0 Å². The molecule has 0 saturated carbocycles. The molecule has 0 N–H and O–H groups in total. The zero-order valence-corrected chi connectivity index (χ0v) is 17.9. The summed E-state index contributed by atoms with van der Waals surface area (Å²) >= 11 is 0. The van der Waals surface area contributed by atoms with E-state index >= 15 is 0 Å². The highest BCUT2D eigenvalue weighted by atomic mass is 17.3. The number of carbonyl (C=O) groups is 2. The molecule has 0 amide bonds. The summed E-state index contributed by atoms with van der Waals surface area (Å²) in [6.07, 6.45) is 2.39. The molecule has 160 valence electrons. The summed E-state index contributed by atoms with van der Waals surface area (Å²) in [5.74, 6) is -1.31. The van der Waals surface area contributed by atoms with Crippen LogP contribution < -0.4 is 0 Å². The molecule has 0 heterocycles. The molecule has 0 aromatic heterocycles. The van der Waals surface area contributed by atoms with Gasteiger partial charge in [-0.15, -0.1) is 9.78 Å². The van der Waals surface area contributed by atoms with Crippen LogP contribution in [0.25, 0.3) is 0 Å². The summed E-state index contributed by atoms with van der Waals surface area (Å²) in [5, 5.41) is 0. The lowest BCUT2D eigenvalue weighted by Crippen LogP contribution is -2.17. The van der Waals surface area contributed by atoms with E-state index in [1.54, 1.807) is 26.0 Å². The molecule has 2 aromatic carbocycles. The van der Waals surface area contributed by atoms with Crippen molar-refractivity contribution in [3.63, 3.8) is 0 Å². The first-order valence-electron chi connectivity index (χ1n) is 9.89. The standard InChI is InChI=1S/C24H28O6/c1-6-7-8-9-22(27-29-23(25)20-14-16(2)10-12-18(20)4)28-30-24(26)21-15-17(3)11-13-19(21)5/h10-15H,1,6-9H2,2-5H3. The van der Waals surface area contributed by atoms with Gasteiger partial charge in [0.25, 0.3) is 0 Å². The van der Waals surface area contributed by atoms with Gasteiger partial charge in [-0.3, -0.25) is 9.78 Å². The zero-order valence-electron chi connectivity index (χ0n) is 17.9. The van der Waals surface area contributed by atoms with Crippen LogP contribution in [0.1, 0.15) is 68.7 Å². The molecule has 0 aliphatic rings. The fourth-order valence-corrected chi connectivity index (χ4v) is 2.71. The van der Waals surface area contributed by atoms with E-state index in [0.29, 0.717) is 17.5 Å². The van der Waals surface area contributed by atoms with E-state index in [4.69, 9.17) is 19.6 Å². The minimum atomic E-state index is -0.657. The quantitative estimate of drug-likeness (QED) is 0.284. The van der Waals surface area contributed by atoms with Crippen molar-refractivity contribution in [2.75, 3.05) is 0 Å². The average Bonchev–Trinajstić information content (AvgIpc) is 2.72. The Morgan fingerprint density at radius 2 is 1.20 bits per heavy atom. The number of hydrogen-bond donors (Lipinski definition) is 0. The van der Waals surface area contributed by atoms with E-state index in [1.165, 1.54) is 0 Å². The van der Waals surface area contributed by atoms with Crippen LogP contribution in [0, 0.1) is 40.9 Å². The van der Waals surface area contributed by atoms with Crippen LogP contribution in [0.2, 0.25) is 0 Å². The van der Waals surface area contributed by atoms with E-state index in [9.17, 15) is 9.59 Å². The molecule has 2 rings (SSSR count). The third-order valence-corrected chi connectivity index (χ3v) is 4.53. The maximum Gasteiger partial charge on any atom is 0.373 e. The number of hydrogen-bond acceptors (Lipinski definition) is 6. The van der Waals surface area contributed by atoms with Crippen LogP contribution in [0.4, 0.5) is 0 Å². The monoisotopic (exact) mass is 412 g/mol. The topological polar surface area (TPSA) is 71.1 Å². The van der Waals surface area contributed by atoms with Crippen molar-refractivity contribution in [2.45, 2.75) is 53.4 Å². The van der Waals surface area contributed by atoms with Gasteiger partial charge in [0.05, 0.1) is 11.1 Å². The third-order valence-electron chi connectivity index (χ3n) is 4.53. The molecule has 0 atom stereocenters. The highest BCUT2D eigenvalue weighted by Gasteiger charge is 2.22. The lowest BCUT2D eigenvalue weighted by Gasteiger charge is -2.14. The van der Waals surface area contributed by atoms with Crippen molar-refractivity contribution >= 4 is 11.9 Å². The summed E-state index contributed by atoms with van der Waals surface area (Å²) in [6.45, 7) is 11.1. The molecule has 2 aromatic rings. The Morgan fingerprint density at radius 3 is 1.63 bits per heavy atom. The fourth-order valence-electron chi connectivity index (χ4n) is 2.71. The van der Waals surface area contributed by atoms with Crippen molar-refractivity contribution in [1.82, 2.24) is 0 Å². The maximum absolute atomic E-state index is 12.4.